The third kappa shape index (κ3) is 1.71. The summed E-state index contributed by atoms with van der Waals surface area (Å²) in [5, 5.41) is 19.3. The molecule has 0 aliphatic heterocycles. The van der Waals surface area contributed by atoms with Crippen LogP contribution in [-0.4, -0.2) is 10.2 Å². The molecule has 2 N–H and O–H groups in total. The van der Waals surface area contributed by atoms with Gasteiger partial charge in [-0.1, -0.05) is 12.1 Å². The first-order valence-electron chi connectivity index (χ1n) is 7.36. The fourth-order valence-electron chi connectivity index (χ4n) is 4.11. The Bertz CT molecular complexity index is 616. The van der Waals surface area contributed by atoms with Crippen LogP contribution >= 0.6 is 0 Å². The normalized spacial score (nSPS) is 23.6. The first-order valence-corrected chi connectivity index (χ1v) is 7.36. The van der Waals surface area contributed by atoms with E-state index in [9.17, 15) is 10.2 Å². The zero-order chi connectivity index (χ0) is 13.7. The van der Waals surface area contributed by atoms with E-state index in [0.29, 0.717) is 23.3 Å². The molecule has 0 radical (unpaired) electrons. The van der Waals surface area contributed by atoms with Crippen LogP contribution in [0.1, 0.15) is 46.9 Å². The molecule has 0 fully saturated rings. The van der Waals surface area contributed by atoms with Crippen molar-refractivity contribution in [1.29, 1.82) is 0 Å². The smallest absolute Gasteiger partial charge is 0.115 e. The molecule has 0 unspecified atom stereocenters. The van der Waals surface area contributed by atoms with Crippen molar-refractivity contribution in [3.05, 3.63) is 58.7 Å². The van der Waals surface area contributed by atoms with E-state index in [-0.39, 0.29) is 0 Å². The Kier molecular flexibility index (Phi) is 2.53. The van der Waals surface area contributed by atoms with Gasteiger partial charge in [0.2, 0.25) is 0 Å². The molecule has 0 heterocycles. The highest BCUT2D eigenvalue weighted by Crippen LogP contribution is 2.49. The van der Waals surface area contributed by atoms with Crippen molar-refractivity contribution in [2.75, 3.05) is 0 Å². The number of hydrogen-bond acceptors (Lipinski definition) is 2. The molecule has 2 atom stereocenters. The summed E-state index contributed by atoms with van der Waals surface area (Å²) in [6.45, 7) is 0. The Balaban J connectivity index is 1.79. The van der Waals surface area contributed by atoms with Crippen molar-refractivity contribution < 1.29 is 10.2 Å². The fraction of sp³-hybridized carbons (Fsp3) is 0.333. The number of fused-ring (bicyclic) bond motifs is 5. The van der Waals surface area contributed by atoms with Gasteiger partial charge >= 0.3 is 0 Å². The van der Waals surface area contributed by atoms with Gasteiger partial charge in [0.1, 0.15) is 11.5 Å². The van der Waals surface area contributed by atoms with E-state index in [4.69, 9.17) is 0 Å². The summed E-state index contributed by atoms with van der Waals surface area (Å²) in [6, 6.07) is 11.7. The van der Waals surface area contributed by atoms with E-state index >= 15 is 0 Å². The average molecular weight is 266 g/mol. The minimum atomic E-state index is 0.378. The molecule has 2 aromatic rings. The number of phenolic OH excluding ortho intramolecular Hbond substituents is 2. The number of aryl methyl sites for hydroxylation is 2. The zero-order valence-electron chi connectivity index (χ0n) is 11.3. The van der Waals surface area contributed by atoms with Crippen LogP contribution in [0.5, 0.6) is 11.5 Å². The number of aromatic hydroxyl groups is 2. The molecule has 0 saturated heterocycles. The maximum atomic E-state index is 9.64. The van der Waals surface area contributed by atoms with Crippen molar-refractivity contribution in [2.24, 2.45) is 0 Å². The molecular formula is C18H18O2. The molecule has 2 aliphatic carbocycles. The highest BCUT2D eigenvalue weighted by molar-refractivity contribution is 5.47. The monoisotopic (exact) mass is 266 g/mol. The maximum Gasteiger partial charge on any atom is 0.115 e. The lowest BCUT2D eigenvalue weighted by Gasteiger charge is -2.38. The van der Waals surface area contributed by atoms with Gasteiger partial charge in [0.15, 0.2) is 0 Å². The first-order chi connectivity index (χ1) is 9.72. The second kappa shape index (κ2) is 4.27. The van der Waals surface area contributed by atoms with Crippen LogP contribution < -0.4 is 0 Å². The third-order valence-electron chi connectivity index (χ3n) is 4.99. The molecular weight excluding hydrogens is 248 g/mol. The molecule has 0 bridgehead atoms. The first kappa shape index (κ1) is 11.8. The zero-order valence-corrected chi connectivity index (χ0v) is 11.3. The Labute approximate surface area is 118 Å². The lowest BCUT2D eigenvalue weighted by molar-refractivity contribution is 0.417. The van der Waals surface area contributed by atoms with Crippen LogP contribution in [0.25, 0.3) is 0 Å². The highest BCUT2D eigenvalue weighted by atomic mass is 16.3. The molecule has 0 aromatic heterocycles. The molecule has 2 aliphatic rings. The number of phenols is 2. The van der Waals surface area contributed by atoms with E-state index < -0.39 is 0 Å². The predicted molar refractivity (Wildman–Crippen MR) is 78.3 cm³/mol. The van der Waals surface area contributed by atoms with E-state index in [1.54, 1.807) is 0 Å². The molecule has 4 rings (SSSR count). The number of hydrogen-bond donors (Lipinski definition) is 2. The Morgan fingerprint density at radius 3 is 1.60 bits per heavy atom. The van der Waals surface area contributed by atoms with Crippen LogP contribution in [0.4, 0.5) is 0 Å². The summed E-state index contributed by atoms with van der Waals surface area (Å²) in [4.78, 5) is 0. The van der Waals surface area contributed by atoms with Gasteiger partial charge in [-0.3, -0.25) is 0 Å². The SMILES string of the molecule is Oc1ccc2c(c1)CC[C@H]1c3ccc(O)cc3CC[C@@H]21. The van der Waals surface area contributed by atoms with Crippen molar-refractivity contribution >= 4 is 0 Å². The van der Waals surface area contributed by atoms with Crippen molar-refractivity contribution in [3.63, 3.8) is 0 Å². The molecule has 2 nitrogen and oxygen atoms in total. The van der Waals surface area contributed by atoms with Crippen LogP contribution in [0.3, 0.4) is 0 Å². The van der Waals surface area contributed by atoms with E-state index in [1.807, 2.05) is 24.3 Å². The quantitative estimate of drug-likeness (QED) is 0.760. The lowest BCUT2D eigenvalue weighted by Crippen LogP contribution is -2.24. The van der Waals surface area contributed by atoms with Crippen LogP contribution in [-0.2, 0) is 12.8 Å². The lowest BCUT2D eigenvalue weighted by atomic mass is 9.66. The van der Waals surface area contributed by atoms with Crippen LogP contribution in [0.15, 0.2) is 36.4 Å². The summed E-state index contributed by atoms with van der Waals surface area (Å²) in [6.07, 6.45) is 4.34. The second-order valence-electron chi connectivity index (χ2n) is 6.06. The van der Waals surface area contributed by atoms with Gasteiger partial charge in [0.25, 0.3) is 0 Å². The fourth-order valence-corrected chi connectivity index (χ4v) is 4.11. The minimum absolute atomic E-state index is 0.378. The molecule has 0 saturated carbocycles. The van der Waals surface area contributed by atoms with Gasteiger partial charge in [-0.15, -0.1) is 0 Å². The average Bonchev–Trinajstić information content (AvgIpc) is 2.45. The number of benzene rings is 2. The van der Waals surface area contributed by atoms with Crippen LogP contribution in [0.2, 0.25) is 0 Å². The largest absolute Gasteiger partial charge is 0.508 e. The van der Waals surface area contributed by atoms with Gasteiger partial charge in [-0.25, -0.2) is 0 Å². The topological polar surface area (TPSA) is 40.5 Å². The molecule has 0 amide bonds. The summed E-state index contributed by atoms with van der Waals surface area (Å²) in [5.41, 5.74) is 5.46. The minimum Gasteiger partial charge on any atom is -0.508 e. The summed E-state index contributed by atoms with van der Waals surface area (Å²) in [7, 11) is 0. The Hall–Kier alpha value is -1.96. The van der Waals surface area contributed by atoms with E-state index in [1.165, 1.54) is 22.3 Å². The van der Waals surface area contributed by atoms with Gasteiger partial charge in [0, 0.05) is 0 Å². The van der Waals surface area contributed by atoms with Gasteiger partial charge < -0.3 is 10.2 Å². The third-order valence-corrected chi connectivity index (χ3v) is 4.99. The van der Waals surface area contributed by atoms with Gasteiger partial charge in [-0.05, 0) is 84.0 Å². The summed E-state index contributed by atoms with van der Waals surface area (Å²) >= 11 is 0. The molecule has 2 heteroatoms. The van der Waals surface area contributed by atoms with E-state index in [0.717, 1.165) is 25.7 Å². The van der Waals surface area contributed by atoms with E-state index in [2.05, 4.69) is 12.1 Å². The summed E-state index contributed by atoms with van der Waals surface area (Å²) in [5.74, 6) is 1.89. The Morgan fingerprint density at radius 2 is 1.15 bits per heavy atom. The maximum absolute atomic E-state index is 9.64. The standard InChI is InChI=1S/C18H18O2/c19-13-3-7-15-11(9-13)1-5-17-16-8-4-14(20)10-12(16)2-6-18(15)17/h3-4,7-10,17-20H,1-2,5-6H2/t17-,18-/m0/s1. The number of rotatable bonds is 0. The van der Waals surface area contributed by atoms with Crippen molar-refractivity contribution in [1.82, 2.24) is 0 Å². The molecule has 2 aromatic carbocycles. The highest BCUT2D eigenvalue weighted by Gasteiger charge is 2.34. The predicted octanol–water partition coefficient (Wildman–Crippen LogP) is 3.86. The molecule has 102 valence electrons. The summed E-state index contributed by atoms with van der Waals surface area (Å²) < 4.78 is 0. The van der Waals surface area contributed by atoms with Crippen LogP contribution in [0, 0.1) is 0 Å². The Morgan fingerprint density at radius 1 is 0.700 bits per heavy atom. The van der Waals surface area contributed by atoms with Crippen molar-refractivity contribution in [2.45, 2.75) is 37.5 Å². The van der Waals surface area contributed by atoms with Crippen molar-refractivity contribution in [3.8, 4) is 11.5 Å². The molecule has 0 spiro atoms. The van der Waals surface area contributed by atoms with Gasteiger partial charge in [-0.2, -0.15) is 0 Å². The van der Waals surface area contributed by atoms with Gasteiger partial charge in [0.05, 0.1) is 0 Å². The second-order valence-corrected chi connectivity index (χ2v) is 6.06. The molecule has 20 heavy (non-hydrogen) atoms.